The molecular weight excluding hydrogens is 218 g/mol. The summed E-state index contributed by atoms with van der Waals surface area (Å²) in [7, 11) is 0. The van der Waals surface area contributed by atoms with E-state index >= 15 is 0 Å². The Labute approximate surface area is 90.5 Å². The van der Waals surface area contributed by atoms with E-state index in [-0.39, 0.29) is 12.3 Å². The van der Waals surface area contributed by atoms with Crippen molar-refractivity contribution in [1.82, 2.24) is 4.98 Å². The van der Waals surface area contributed by atoms with Crippen LogP contribution in [0, 0.1) is 0 Å². The maximum absolute atomic E-state index is 10.6. The highest BCUT2D eigenvalue weighted by Gasteiger charge is 2.11. The van der Waals surface area contributed by atoms with Gasteiger partial charge in [0.05, 0.1) is 12.3 Å². The van der Waals surface area contributed by atoms with Crippen molar-refractivity contribution in [2.24, 2.45) is 0 Å². The van der Waals surface area contributed by atoms with Crippen molar-refractivity contribution in [2.45, 2.75) is 12.3 Å². The fraction of sp³-hybridized carbons (Fsp3) is 0.200. The van der Waals surface area contributed by atoms with Gasteiger partial charge in [0.15, 0.2) is 5.58 Å². The van der Waals surface area contributed by atoms with Gasteiger partial charge < -0.3 is 9.52 Å². The van der Waals surface area contributed by atoms with Crippen LogP contribution in [0.1, 0.15) is 11.5 Å². The normalized spacial score (nSPS) is 10.7. The average Bonchev–Trinajstić information content (AvgIpc) is 2.61. The molecule has 0 spiro atoms. The minimum atomic E-state index is -0.897. The Kier molecular flexibility index (Phi) is 2.60. The van der Waals surface area contributed by atoms with Crippen LogP contribution >= 0.6 is 11.6 Å². The zero-order valence-electron chi connectivity index (χ0n) is 7.74. The number of fused-ring (bicyclic) bond motifs is 1. The highest BCUT2D eigenvalue weighted by atomic mass is 35.5. The fourth-order valence-electron chi connectivity index (χ4n) is 1.41. The van der Waals surface area contributed by atoms with Crippen LogP contribution in [0.15, 0.2) is 22.6 Å². The van der Waals surface area contributed by atoms with Crippen LogP contribution < -0.4 is 0 Å². The van der Waals surface area contributed by atoms with E-state index in [9.17, 15) is 4.79 Å². The number of aromatic nitrogens is 1. The van der Waals surface area contributed by atoms with Gasteiger partial charge in [0, 0.05) is 5.56 Å². The van der Waals surface area contributed by atoms with Gasteiger partial charge in [0.1, 0.15) is 5.52 Å². The molecule has 4 nitrogen and oxygen atoms in total. The molecule has 5 heteroatoms. The maximum atomic E-state index is 10.6. The number of halogens is 1. The summed E-state index contributed by atoms with van der Waals surface area (Å²) in [5, 5.41) is 8.70. The smallest absolute Gasteiger partial charge is 0.307 e. The second-order valence-corrected chi connectivity index (χ2v) is 3.34. The number of para-hydroxylation sites is 1. The fourth-order valence-corrected chi connectivity index (χ4v) is 1.53. The van der Waals surface area contributed by atoms with Gasteiger partial charge in [0.2, 0.25) is 5.89 Å². The summed E-state index contributed by atoms with van der Waals surface area (Å²) in [5.41, 5.74) is 1.77. The predicted molar refractivity (Wildman–Crippen MR) is 54.9 cm³/mol. The summed E-state index contributed by atoms with van der Waals surface area (Å²) in [5.74, 6) is -0.308. The Hall–Kier alpha value is -1.55. The minimum Gasteiger partial charge on any atom is -0.481 e. The Bertz CT molecular complexity index is 506. The summed E-state index contributed by atoms with van der Waals surface area (Å²) >= 11 is 5.58. The molecule has 0 saturated heterocycles. The molecule has 1 aromatic carbocycles. The lowest BCUT2D eigenvalue weighted by molar-refractivity contribution is -0.136. The van der Waals surface area contributed by atoms with Crippen molar-refractivity contribution >= 4 is 28.7 Å². The van der Waals surface area contributed by atoms with Crippen molar-refractivity contribution in [1.29, 1.82) is 0 Å². The molecule has 1 aromatic heterocycles. The van der Waals surface area contributed by atoms with Crippen LogP contribution in [0.4, 0.5) is 0 Å². The summed E-state index contributed by atoms with van der Waals surface area (Å²) in [6.45, 7) is 0. The average molecular weight is 226 g/mol. The molecule has 0 saturated carbocycles. The second-order valence-electron chi connectivity index (χ2n) is 3.08. The minimum absolute atomic E-state index is 0.0751. The molecule has 1 heterocycles. The first-order chi connectivity index (χ1) is 7.20. The van der Waals surface area contributed by atoms with Crippen LogP contribution in [0.3, 0.4) is 0 Å². The molecule has 1 N–H and O–H groups in total. The molecule has 0 amide bonds. The molecule has 78 valence electrons. The standard InChI is InChI=1S/C10H8ClNO3/c11-5-8-12-7-3-1-2-6(4-9(13)14)10(7)15-8/h1-3H,4-5H2,(H,13,14). The van der Waals surface area contributed by atoms with Crippen LogP contribution in [-0.2, 0) is 17.1 Å². The number of carboxylic acid groups (broad SMARTS) is 1. The third kappa shape index (κ3) is 1.94. The number of hydrogen-bond acceptors (Lipinski definition) is 3. The number of carbonyl (C=O) groups is 1. The lowest BCUT2D eigenvalue weighted by Gasteiger charge is -1.96. The first kappa shape index (κ1) is 9.98. The van der Waals surface area contributed by atoms with E-state index in [1.807, 2.05) is 0 Å². The molecule has 0 aliphatic carbocycles. The third-order valence-corrected chi connectivity index (χ3v) is 2.23. The maximum Gasteiger partial charge on any atom is 0.307 e. The van der Waals surface area contributed by atoms with E-state index in [4.69, 9.17) is 21.1 Å². The van der Waals surface area contributed by atoms with Crippen molar-refractivity contribution in [3.05, 3.63) is 29.7 Å². The molecule has 0 radical (unpaired) electrons. The van der Waals surface area contributed by atoms with Gasteiger partial charge in [-0.2, -0.15) is 0 Å². The topological polar surface area (TPSA) is 63.3 Å². The number of benzene rings is 1. The quantitative estimate of drug-likeness (QED) is 0.814. The Morgan fingerprint density at radius 1 is 1.53 bits per heavy atom. The zero-order chi connectivity index (χ0) is 10.8. The lowest BCUT2D eigenvalue weighted by Crippen LogP contribution is -1.99. The first-order valence-corrected chi connectivity index (χ1v) is 4.89. The van der Waals surface area contributed by atoms with Gasteiger partial charge in [-0.15, -0.1) is 11.6 Å². The Balaban J connectivity index is 2.54. The van der Waals surface area contributed by atoms with Gasteiger partial charge in [-0.1, -0.05) is 12.1 Å². The van der Waals surface area contributed by atoms with Crippen LogP contribution in [0.25, 0.3) is 11.1 Å². The van der Waals surface area contributed by atoms with E-state index in [1.165, 1.54) is 0 Å². The number of aliphatic carboxylic acids is 1. The summed E-state index contributed by atoms with van der Waals surface area (Å²) in [4.78, 5) is 14.7. The second kappa shape index (κ2) is 3.90. The van der Waals surface area contributed by atoms with Gasteiger partial charge in [-0.05, 0) is 6.07 Å². The van der Waals surface area contributed by atoms with Crippen molar-refractivity contribution in [3.63, 3.8) is 0 Å². The summed E-state index contributed by atoms with van der Waals surface area (Å²) in [6.07, 6.45) is -0.0751. The monoisotopic (exact) mass is 225 g/mol. The van der Waals surface area contributed by atoms with Crippen molar-refractivity contribution < 1.29 is 14.3 Å². The number of nitrogens with zero attached hydrogens (tertiary/aromatic N) is 1. The van der Waals surface area contributed by atoms with E-state index < -0.39 is 5.97 Å². The number of oxazole rings is 1. The molecular formula is C10H8ClNO3. The van der Waals surface area contributed by atoms with E-state index in [2.05, 4.69) is 4.98 Å². The molecule has 0 unspecified atom stereocenters. The highest BCUT2D eigenvalue weighted by molar-refractivity contribution is 6.16. The highest BCUT2D eigenvalue weighted by Crippen LogP contribution is 2.21. The SMILES string of the molecule is O=C(O)Cc1cccc2nc(CCl)oc12. The van der Waals surface area contributed by atoms with Crippen LogP contribution in [0.2, 0.25) is 0 Å². The summed E-state index contributed by atoms with van der Waals surface area (Å²) < 4.78 is 5.34. The van der Waals surface area contributed by atoms with E-state index in [1.54, 1.807) is 18.2 Å². The van der Waals surface area contributed by atoms with Crippen LogP contribution in [0.5, 0.6) is 0 Å². The molecule has 2 rings (SSSR count). The zero-order valence-corrected chi connectivity index (χ0v) is 8.49. The van der Waals surface area contributed by atoms with Gasteiger partial charge >= 0.3 is 5.97 Å². The molecule has 0 aliphatic rings. The molecule has 0 atom stereocenters. The summed E-state index contributed by atoms with van der Waals surface area (Å²) in [6, 6.07) is 5.22. The van der Waals surface area contributed by atoms with Gasteiger partial charge in [-0.25, -0.2) is 4.98 Å². The molecule has 0 fully saturated rings. The van der Waals surface area contributed by atoms with E-state index in [0.717, 1.165) is 0 Å². The molecule has 15 heavy (non-hydrogen) atoms. The molecule has 0 aliphatic heterocycles. The Morgan fingerprint density at radius 3 is 3.00 bits per heavy atom. The van der Waals surface area contributed by atoms with Crippen LogP contribution in [-0.4, -0.2) is 16.1 Å². The number of hydrogen-bond donors (Lipinski definition) is 1. The lowest BCUT2D eigenvalue weighted by atomic mass is 10.1. The van der Waals surface area contributed by atoms with Crippen molar-refractivity contribution in [2.75, 3.05) is 0 Å². The number of rotatable bonds is 3. The number of alkyl halides is 1. The van der Waals surface area contributed by atoms with Gasteiger partial charge in [0.25, 0.3) is 0 Å². The predicted octanol–water partition coefficient (Wildman–Crippen LogP) is 2.19. The number of carboxylic acids is 1. The third-order valence-electron chi connectivity index (χ3n) is 2.00. The molecule has 2 aromatic rings. The van der Waals surface area contributed by atoms with E-state index in [0.29, 0.717) is 22.6 Å². The molecule has 0 bridgehead atoms. The Morgan fingerprint density at radius 2 is 2.33 bits per heavy atom. The first-order valence-electron chi connectivity index (χ1n) is 4.36. The van der Waals surface area contributed by atoms with Crippen molar-refractivity contribution in [3.8, 4) is 0 Å². The van der Waals surface area contributed by atoms with Gasteiger partial charge in [-0.3, -0.25) is 4.79 Å². The largest absolute Gasteiger partial charge is 0.481 e.